The summed E-state index contributed by atoms with van der Waals surface area (Å²) in [5, 5.41) is 16.4. The van der Waals surface area contributed by atoms with Gasteiger partial charge in [0, 0.05) is 35.3 Å². The first-order valence-corrected chi connectivity index (χ1v) is 18.5. The van der Waals surface area contributed by atoms with Crippen LogP contribution in [0.4, 0.5) is 22.7 Å². The second-order valence-corrected chi connectivity index (χ2v) is 12.5. The van der Waals surface area contributed by atoms with Gasteiger partial charge < -0.3 is 24.8 Å². The van der Waals surface area contributed by atoms with E-state index in [2.05, 4.69) is 52.2 Å². The molecule has 0 aliphatic rings. The van der Waals surface area contributed by atoms with Crippen molar-refractivity contribution in [2.45, 2.75) is 40.5 Å². The molecule has 0 bridgehead atoms. The molecular weight excluding hydrogens is 709 g/mol. The number of nitrogens with zero attached hydrogens (tertiary/aromatic N) is 2. The molecule has 5 aromatic rings. The molecular formula is C41H44N4O6S2. The summed E-state index contributed by atoms with van der Waals surface area (Å²) in [6.07, 6.45) is 0.523. The van der Waals surface area contributed by atoms with Crippen LogP contribution in [-0.4, -0.2) is 42.5 Å². The standard InChI is InChI=1S/C21H20N2O2S.C20H24N2O4S/c1-14-7-9-18(15(2)13-14)22-23-21-17-6-4-3-5-16(17)8-10-19(21)25-20(24)11-12-26;1-3-25-17-13-16(22-20(24)14-8-6-5-7-9-14)18(26-4-2)12-15(17)21-19(23)10-11-27/h3-10,13,26H,11-12H2,1-2H3;5-9,12-13,27H,3-4,10-11H2,1-2H3,(H,21,23)(H,22,24). The van der Waals surface area contributed by atoms with Crippen LogP contribution in [0.25, 0.3) is 10.8 Å². The summed E-state index contributed by atoms with van der Waals surface area (Å²) in [4.78, 5) is 36.4. The van der Waals surface area contributed by atoms with Crippen LogP contribution in [0.2, 0.25) is 0 Å². The van der Waals surface area contributed by atoms with Gasteiger partial charge in [-0.05, 0) is 68.7 Å². The average molecular weight is 753 g/mol. The molecule has 0 fully saturated rings. The highest BCUT2D eigenvalue weighted by Crippen LogP contribution is 2.39. The minimum atomic E-state index is -0.335. The number of amides is 2. The van der Waals surface area contributed by atoms with Gasteiger partial charge in [0.05, 0.1) is 36.7 Å². The average Bonchev–Trinajstić information content (AvgIpc) is 3.14. The SMILES string of the molecule is CCOc1cc(NC(=O)c2ccccc2)c(OCC)cc1NC(=O)CCS.Cc1ccc(N=Nc2c(OC(=O)CCS)ccc3ccccc23)c(C)c1. The van der Waals surface area contributed by atoms with Crippen LogP contribution in [0.5, 0.6) is 17.2 Å². The Labute approximate surface area is 321 Å². The zero-order valence-electron chi connectivity index (χ0n) is 30.2. The number of esters is 1. The highest BCUT2D eigenvalue weighted by atomic mass is 32.1. The molecule has 0 atom stereocenters. The van der Waals surface area contributed by atoms with Crippen LogP contribution in [0.15, 0.2) is 107 Å². The highest BCUT2D eigenvalue weighted by molar-refractivity contribution is 7.80. The fourth-order valence-corrected chi connectivity index (χ4v) is 5.50. The molecule has 0 heterocycles. The molecule has 10 nitrogen and oxygen atoms in total. The summed E-state index contributed by atoms with van der Waals surface area (Å²) < 4.78 is 16.8. The van der Waals surface area contributed by atoms with Crippen LogP contribution in [0, 0.1) is 13.8 Å². The lowest BCUT2D eigenvalue weighted by Crippen LogP contribution is -2.15. The Morgan fingerprint density at radius 3 is 1.96 bits per heavy atom. The Kier molecular flexibility index (Phi) is 15.8. The van der Waals surface area contributed by atoms with Crippen LogP contribution >= 0.6 is 25.3 Å². The van der Waals surface area contributed by atoms with Crippen molar-refractivity contribution in [3.8, 4) is 17.2 Å². The van der Waals surface area contributed by atoms with Gasteiger partial charge in [-0.25, -0.2) is 0 Å². The number of rotatable bonds is 14. The highest BCUT2D eigenvalue weighted by Gasteiger charge is 2.17. The maximum atomic E-state index is 12.5. The molecule has 0 aromatic heterocycles. The van der Waals surface area contributed by atoms with Gasteiger partial charge in [-0.2, -0.15) is 30.4 Å². The molecule has 276 valence electrons. The number of anilines is 2. The van der Waals surface area contributed by atoms with Crippen molar-refractivity contribution in [2.75, 3.05) is 35.4 Å². The molecule has 53 heavy (non-hydrogen) atoms. The van der Waals surface area contributed by atoms with Crippen LogP contribution in [0.1, 0.15) is 48.2 Å². The van der Waals surface area contributed by atoms with E-state index in [1.807, 2.05) is 76.2 Å². The molecule has 5 aromatic carbocycles. The third kappa shape index (κ3) is 11.8. The van der Waals surface area contributed by atoms with E-state index in [9.17, 15) is 14.4 Å². The number of ether oxygens (including phenoxy) is 3. The van der Waals surface area contributed by atoms with E-state index < -0.39 is 0 Å². The van der Waals surface area contributed by atoms with Crippen molar-refractivity contribution in [3.63, 3.8) is 0 Å². The number of fused-ring (bicyclic) bond motifs is 1. The number of carbonyl (C=O) groups is 3. The molecule has 2 amide bonds. The maximum absolute atomic E-state index is 12.5. The summed E-state index contributed by atoms with van der Waals surface area (Å²) >= 11 is 8.15. The summed E-state index contributed by atoms with van der Waals surface area (Å²) in [7, 11) is 0. The fourth-order valence-electron chi connectivity index (χ4n) is 5.11. The lowest BCUT2D eigenvalue weighted by atomic mass is 10.1. The van der Waals surface area contributed by atoms with Crippen molar-refractivity contribution in [1.29, 1.82) is 0 Å². The molecule has 5 rings (SSSR count). The molecule has 12 heteroatoms. The Bertz CT molecular complexity index is 2060. The van der Waals surface area contributed by atoms with Gasteiger partial charge in [0.1, 0.15) is 17.2 Å². The first-order chi connectivity index (χ1) is 25.7. The van der Waals surface area contributed by atoms with Crippen molar-refractivity contribution in [3.05, 3.63) is 114 Å². The quantitative estimate of drug-likeness (QED) is 0.0387. The normalized spacial score (nSPS) is 10.7. The first kappa shape index (κ1) is 40.4. The minimum Gasteiger partial charge on any atom is -0.492 e. The van der Waals surface area contributed by atoms with E-state index in [4.69, 9.17) is 14.2 Å². The summed E-state index contributed by atoms with van der Waals surface area (Å²) in [6, 6.07) is 29.7. The minimum absolute atomic E-state index is 0.172. The Morgan fingerprint density at radius 1 is 0.679 bits per heavy atom. The van der Waals surface area contributed by atoms with Gasteiger partial charge in [0.15, 0.2) is 5.75 Å². The zero-order valence-corrected chi connectivity index (χ0v) is 32.0. The fraction of sp³-hybridized carbons (Fsp3) is 0.244. The molecule has 0 saturated heterocycles. The maximum Gasteiger partial charge on any atom is 0.312 e. The van der Waals surface area contributed by atoms with Crippen molar-refractivity contribution in [1.82, 2.24) is 0 Å². The smallest absolute Gasteiger partial charge is 0.312 e. The van der Waals surface area contributed by atoms with Gasteiger partial charge >= 0.3 is 5.97 Å². The van der Waals surface area contributed by atoms with E-state index in [0.717, 1.165) is 22.0 Å². The summed E-state index contributed by atoms with van der Waals surface area (Å²) in [5.41, 5.74) is 5.05. The molecule has 0 saturated carbocycles. The third-order valence-corrected chi connectivity index (χ3v) is 8.04. The van der Waals surface area contributed by atoms with Crippen LogP contribution < -0.4 is 24.8 Å². The van der Waals surface area contributed by atoms with Crippen LogP contribution in [-0.2, 0) is 9.59 Å². The van der Waals surface area contributed by atoms with Gasteiger partial charge in [-0.3, -0.25) is 14.4 Å². The zero-order chi connectivity index (χ0) is 38.2. The van der Waals surface area contributed by atoms with E-state index in [1.54, 1.807) is 42.5 Å². The topological polar surface area (TPSA) is 128 Å². The lowest BCUT2D eigenvalue weighted by molar-refractivity contribution is -0.133. The van der Waals surface area contributed by atoms with Crippen molar-refractivity contribution in [2.24, 2.45) is 10.2 Å². The Balaban J connectivity index is 0.000000237. The van der Waals surface area contributed by atoms with Gasteiger partial charge in [0.25, 0.3) is 5.91 Å². The predicted octanol–water partition coefficient (Wildman–Crippen LogP) is 10.1. The van der Waals surface area contributed by atoms with E-state index in [1.165, 1.54) is 5.56 Å². The van der Waals surface area contributed by atoms with E-state index in [-0.39, 0.29) is 30.6 Å². The number of thiol groups is 2. The summed E-state index contributed by atoms with van der Waals surface area (Å²) in [6.45, 7) is 8.55. The largest absolute Gasteiger partial charge is 0.492 e. The molecule has 0 unspecified atom stereocenters. The predicted molar refractivity (Wildman–Crippen MR) is 218 cm³/mol. The first-order valence-electron chi connectivity index (χ1n) is 17.2. The van der Waals surface area contributed by atoms with Gasteiger partial charge in [-0.1, -0.05) is 66.2 Å². The second kappa shape index (κ2) is 20.6. The number of aryl methyl sites for hydroxylation is 2. The molecule has 2 N–H and O–H groups in total. The number of hydrogen-bond acceptors (Lipinski definition) is 10. The number of nitrogens with one attached hydrogen (secondary N) is 2. The molecule has 0 aliphatic heterocycles. The summed E-state index contributed by atoms with van der Waals surface area (Å²) in [5.74, 6) is 1.43. The molecule has 0 spiro atoms. The lowest BCUT2D eigenvalue weighted by Gasteiger charge is -2.17. The Hall–Kier alpha value is -5.33. The number of azo groups is 1. The molecule has 0 aliphatic carbocycles. The number of carbonyl (C=O) groups excluding carboxylic acids is 3. The van der Waals surface area contributed by atoms with Crippen LogP contribution in [0.3, 0.4) is 0 Å². The number of hydrogen-bond donors (Lipinski definition) is 4. The number of benzene rings is 5. The third-order valence-electron chi connectivity index (χ3n) is 7.59. The van der Waals surface area contributed by atoms with E-state index in [0.29, 0.717) is 64.6 Å². The van der Waals surface area contributed by atoms with Crippen molar-refractivity contribution < 1.29 is 28.6 Å². The van der Waals surface area contributed by atoms with Gasteiger partial charge in [-0.15, -0.1) is 5.11 Å². The van der Waals surface area contributed by atoms with Crippen molar-refractivity contribution >= 4 is 76.6 Å². The second-order valence-electron chi connectivity index (χ2n) is 11.6. The van der Waals surface area contributed by atoms with E-state index >= 15 is 0 Å². The Morgan fingerprint density at radius 2 is 1.32 bits per heavy atom. The molecule has 0 radical (unpaired) electrons. The monoisotopic (exact) mass is 752 g/mol. The van der Waals surface area contributed by atoms with Gasteiger partial charge in [0.2, 0.25) is 5.91 Å².